The summed E-state index contributed by atoms with van der Waals surface area (Å²) in [6.07, 6.45) is -0.201. The maximum absolute atomic E-state index is 13.4. The Morgan fingerprint density at radius 1 is 1.27 bits per heavy atom. The van der Waals surface area contributed by atoms with Crippen molar-refractivity contribution >= 4 is 17.0 Å². The first kappa shape index (κ1) is 14.3. The Morgan fingerprint density at radius 3 is 2.68 bits per heavy atom. The molecular formula is C17H15FN2O2. The van der Waals surface area contributed by atoms with Gasteiger partial charge in [0.1, 0.15) is 18.1 Å². The fraction of sp³-hybridized carbons (Fsp3) is 0.176. The summed E-state index contributed by atoms with van der Waals surface area (Å²) in [4.78, 5) is 15.4. The van der Waals surface area contributed by atoms with Gasteiger partial charge in [0.2, 0.25) is 0 Å². The highest BCUT2D eigenvalue weighted by Gasteiger charge is 2.19. The fourth-order valence-corrected chi connectivity index (χ4v) is 2.69. The predicted octanol–water partition coefficient (Wildman–Crippen LogP) is 3.41. The predicted molar refractivity (Wildman–Crippen MR) is 81.3 cm³/mol. The summed E-state index contributed by atoms with van der Waals surface area (Å²) < 4.78 is 15.3. The number of hydrogen-bond donors (Lipinski definition) is 1. The number of carbonyl (C=O) groups is 1. The lowest BCUT2D eigenvalue weighted by molar-refractivity contribution is -0.136. The molecule has 0 aliphatic heterocycles. The Labute approximate surface area is 126 Å². The molecule has 0 amide bonds. The van der Waals surface area contributed by atoms with Crippen LogP contribution in [0, 0.1) is 5.82 Å². The van der Waals surface area contributed by atoms with E-state index in [0.717, 1.165) is 11.1 Å². The van der Waals surface area contributed by atoms with Crippen LogP contribution in [-0.4, -0.2) is 20.6 Å². The molecule has 1 N–H and O–H groups in total. The van der Waals surface area contributed by atoms with Crippen LogP contribution < -0.4 is 0 Å². The number of carboxylic acid groups (broad SMARTS) is 1. The second-order valence-corrected chi connectivity index (χ2v) is 5.19. The van der Waals surface area contributed by atoms with Crippen molar-refractivity contribution < 1.29 is 14.3 Å². The van der Waals surface area contributed by atoms with Crippen LogP contribution in [-0.2, 0) is 11.2 Å². The van der Waals surface area contributed by atoms with E-state index in [1.165, 1.54) is 12.1 Å². The van der Waals surface area contributed by atoms with Gasteiger partial charge in [0.15, 0.2) is 0 Å². The number of rotatable bonds is 4. The fourth-order valence-electron chi connectivity index (χ4n) is 2.69. The van der Waals surface area contributed by atoms with Crippen molar-refractivity contribution in [2.24, 2.45) is 0 Å². The first-order valence-corrected chi connectivity index (χ1v) is 6.99. The van der Waals surface area contributed by atoms with Gasteiger partial charge in [-0.25, -0.2) is 9.37 Å². The number of fused-ring (bicyclic) bond motifs is 1. The molecule has 1 atom stereocenters. The zero-order valence-corrected chi connectivity index (χ0v) is 12.0. The summed E-state index contributed by atoms with van der Waals surface area (Å²) in [7, 11) is 0. The Kier molecular flexibility index (Phi) is 3.63. The van der Waals surface area contributed by atoms with Gasteiger partial charge in [-0.2, -0.15) is 0 Å². The lowest BCUT2D eigenvalue weighted by Gasteiger charge is -2.17. The first-order chi connectivity index (χ1) is 10.6. The van der Waals surface area contributed by atoms with Crippen molar-refractivity contribution in [3.8, 4) is 0 Å². The summed E-state index contributed by atoms with van der Waals surface area (Å²) in [5.41, 5.74) is 2.24. The van der Waals surface area contributed by atoms with E-state index in [1.54, 1.807) is 6.07 Å². The van der Waals surface area contributed by atoms with Gasteiger partial charge < -0.3 is 9.67 Å². The molecule has 0 spiro atoms. The van der Waals surface area contributed by atoms with Gasteiger partial charge in [0, 0.05) is 6.07 Å². The highest BCUT2D eigenvalue weighted by Crippen LogP contribution is 2.26. The second-order valence-electron chi connectivity index (χ2n) is 5.19. The van der Waals surface area contributed by atoms with Crippen molar-refractivity contribution in [1.29, 1.82) is 0 Å². The largest absolute Gasteiger partial charge is 0.481 e. The van der Waals surface area contributed by atoms with Gasteiger partial charge in [-0.1, -0.05) is 30.3 Å². The molecule has 0 saturated heterocycles. The Morgan fingerprint density at radius 2 is 2.00 bits per heavy atom. The maximum Gasteiger partial charge on any atom is 0.311 e. The van der Waals surface area contributed by atoms with E-state index in [4.69, 9.17) is 5.11 Å². The highest BCUT2D eigenvalue weighted by molar-refractivity contribution is 5.78. The minimum atomic E-state index is -0.961. The lowest BCUT2D eigenvalue weighted by Crippen LogP contribution is -2.14. The number of imidazole rings is 1. The van der Waals surface area contributed by atoms with Crippen molar-refractivity contribution in [2.75, 3.05) is 0 Å². The SMILES string of the molecule is CC(c1ccccc1)n1c(CC(=O)O)nc2cc(F)ccc21. The van der Waals surface area contributed by atoms with E-state index in [0.29, 0.717) is 11.3 Å². The van der Waals surface area contributed by atoms with E-state index in [-0.39, 0.29) is 18.3 Å². The average Bonchev–Trinajstić information content (AvgIpc) is 2.83. The van der Waals surface area contributed by atoms with Crippen LogP contribution in [0.4, 0.5) is 4.39 Å². The smallest absolute Gasteiger partial charge is 0.311 e. The van der Waals surface area contributed by atoms with Gasteiger partial charge >= 0.3 is 5.97 Å². The standard InChI is InChI=1S/C17H15FN2O2/c1-11(12-5-3-2-4-6-12)20-15-8-7-13(18)9-14(15)19-16(20)10-17(21)22/h2-9,11H,10H2,1H3,(H,21,22). The summed E-state index contributed by atoms with van der Waals surface area (Å²) in [6, 6.07) is 14.0. The molecule has 1 heterocycles. The molecule has 112 valence electrons. The van der Waals surface area contributed by atoms with Crippen LogP contribution in [0.2, 0.25) is 0 Å². The van der Waals surface area contributed by atoms with Crippen molar-refractivity contribution in [3.63, 3.8) is 0 Å². The third-order valence-corrected chi connectivity index (χ3v) is 3.70. The topological polar surface area (TPSA) is 55.1 Å². The van der Waals surface area contributed by atoms with E-state index in [9.17, 15) is 9.18 Å². The van der Waals surface area contributed by atoms with Crippen LogP contribution >= 0.6 is 0 Å². The van der Waals surface area contributed by atoms with Gasteiger partial charge in [-0.3, -0.25) is 4.79 Å². The molecular weight excluding hydrogens is 283 g/mol. The Hall–Kier alpha value is -2.69. The molecule has 0 fully saturated rings. The van der Waals surface area contributed by atoms with Gasteiger partial charge in [-0.05, 0) is 24.6 Å². The molecule has 22 heavy (non-hydrogen) atoms. The van der Waals surface area contributed by atoms with Crippen LogP contribution in [0.15, 0.2) is 48.5 Å². The summed E-state index contributed by atoms with van der Waals surface area (Å²) in [6.45, 7) is 1.98. The number of aliphatic carboxylic acids is 1. The van der Waals surface area contributed by atoms with E-state index in [2.05, 4.69) is 4.98 Å². The molecule has 0 aliphatic carbocycles. The molecule has 1 aromatic heterocycles. The molecule has 3 aromatic rings. The number of halogens is 1. The summed E-state index contributed by atoms with van der Waals surface area (Å²) >= 11 is 0. The molecule has 2 aromatic carbocycles. The van der Waals surface area contributed by atoms with Crippen molar-refractivity contribution in [1.82, 2.24) is 9.55 Å². The number of nitrogens with zero attached hydrogens (tertiary/aromatic N) is 2. The number of hydrogen-bond acceptors (Lipinski definition) is 2. The molecule has 0 aliphatic rings. The first-order valence-electron chi connectivity index (χ1n) is 6.99. The monoisotopic (exact) mass is 298 g/mol. The van der Waals surface area contributed by atoms with Gasteiger partial charge in [0.05, 0.1) is 17.1 Å². The van der Waals surface area contributed by atoms with Crippen molar-refractivity contribution in [3.05, 3.63) is 65.7 Å². The quantitative estimate of drug-likeness (QED) is 0.803. The third kappa shape index (κ3) is 2.57. The summed E-state index contributed by atoms with van der Waals surface area (Å²) in [5, 5.41) is 9.10. The van der Waals surface area contributed by atoms with Crippen LogP contribution in [0.3, 0.4) is 0 Å². The van der Waals surface area contributed by atoms with Crippen LogP contribution in [0.5, 0.6) is 0 Å². The van der Waals surface area contributed by atoms with E-state index < -0.39 is 5.97 Å². The number of aromatic nitrogens is 2. The van der Waals surface area contributed by atoms with Crippen LogP contribution in [0.1, 0.15) is 24.4 Å². The molecule has 3 rings (SSSR count). The maximum atomic E-state index is 13.4. The molecule has 4 nitrogen and oxygen atoms in total. The van der Waals surface area contributed by atoms with Gasteiger partial charge in [-0.15, -0.1) is 0 Å². The van der Waals surface area contributed by atoms with Crippen molar-refractivity contribution in [2.45, 2.75) is 19.4 Å². The molecule has 5 heteroatoms. The minimum Gasteiger partial charge on any atom is -0.481 e. The van der Waals surface area contributed by atoms with Crippen LogP contribution in [0.25, 0.3) is 11.0 Å². The zero-order chi connectivity index (χ0) is 15.7. The lowest BCUT2D eigenvalue weighted by atomic mass is 10.1. The Balaban J connectivity index is 2.19. The third-order valence-electron chi connectivity index (χ3n) is 3.70. The number of benzene rings is 2. The molecule has 0 saturated carbocycles. The Bertz CT molecular complexity index is 827. The summed E-state index contributed by atoms with van der Waals surface area (Å²) in [5.74, 6) is -0.923. The van der Waals surface area contributed by atoms with E-state index >= 15 is 0 Å². The average molecular weight is 298 g/mol. The van der Waals surface area contributed by atoms with E-state index in [1.807, 2.05) is 41.8 Å². The molecule has 1 unspecified atom stereocenters. The molecule has 0 radical (unpaired) electrons. The zero-order valence-electron chi connectivity index (χ0n) is 12.0. The highest BCUT2D eigenvalue weighted by atomic mass is 19.1. The van der Waals surface area contributed by atoms with Gasteiger partial charge in [0.25, 0.3) is 0 Å². The number of carboxylic acids is 1. The minimum absolute atomic E-state index is 0.0917. The molecule has 0 bridgehead atoms. The second kappa shape index (κ2) is 5.60. The normalized spacial score (nSPS) is 12.5.